The van der Waals surface area contributed by atoms with Crippen LogP contribution < -0.4 is 4.90 Å². The summed E-state index contributed by atoms with van der Waals surface area (Å²) >= 11 is 0. The van der Waals surface area contributed by atoms with Crippen molar-refractivity contribution in [1.29, 1.82) is 0 Å². The molecule has 0 amide bonds. The molecule has 0 atom stereocenters. The van der Waals surface area contributed by atoms with Crippen LogP contribution in [0.15, 0.2) is 217 Å². The van der Waals surface area contributed by atoms with E-state index in [-0.39, 0.29) is 0 Å². The highest BCUT2D eigenvalue weighted by Crippen LogP contribution is 2.40. The van der Waals surface area contributed by atoms with Gasteiger partial charge in [-0.05, 0) is 92.2 Å². The Hall–Kier alpha value is -7.16. The van der Waals surface area contributed by atoms with Gasteiger partial charge >= 0.3 is 0 Å². The summed E-state index contributed by atoms with van der Waals surface area (Å²) in [7, 11) is 0. The van der Waals surface area contributed by atoms with Gasteiger partial charge in [0.05, 0.1) is 0 Å². The van der Waals surface area contributed by atoms with Gasteiger partial charge in [0.1, 0.15) is 11.2 Å². The largest absolute Gasteiger partial charge is 0.455 e. The highest BCUT2D eigenvalue weighted by molar-refractivity contribution is 6.09. The van der Waals surface area contributed by atoms with E-state index in [4.69, 9.17) is 4.42 Å². The van der Waals surface area contributed by atoms with E-state index in [0.29, 0.717) is 0 Å². The van der Waals surface area contributed by atoms with Crippen LogP contribution in [0.25, 0.3) is 77.2 Å². The van der Waals surface area contributed by atoms with Gasteiger partial charge in [-0.25, -0.2) is 0 Å². The molecule has 2 nitrogen and oxygen atoms in total. The van der Waals surface area contributed by atoms with Crippen molar-refractivity contribution in [3.63, 3.8) is 0 Å². The molecule has 0 unspecified atom stereocenters. The number of nitrogens with zero attached hydrogens (tertiary/aromatic N) is 1. The normalized spacial score (nSPS) is 11.3. The summed E-state index contributed by atoms with van der Waals surface area (Å²) in [5, 5.41) is 4.77. The Kier molecular flexibility index (Phi) is 7.85. The molecule has 1 aromatic heterocycles. The zero-order chi connectivity index (χ0) is 35.8. The fraction of sp³-hybridized carbons (Fsp3) is 0. The number of furan rings is 1. The van der Waals surface area contributed by atoms with Gasteiger partial charge in [0.15, 0.2) is 0 Å². The van der Waals surface area contributed by atoms with Crippen LogP contribution in [0.2, 0.25) is 0 Å². The maximum Gasteiger partial charge on any atom is 0.143 e. The van der Waals surface area contributed by atoms with E-state index in [0.717, 1.165) is 50.1 Å². The second kappa shape index (κ2) is 13.4. The van der Waals surface area contributed by atoms with Crippen LogP contribution in [0.4, 0.5) is 17.1 Å². The predicted octanol–water partition coefficient (Wildman–Crippen LogP) is 14.9. The predicted molar refractivity (Wildman–Crippen MR) is 228 cm³/mol. The molecule has 10 aromatic rings. The van der Waals surface area contributed by atoms with Crippen molar-refractivity contribution in [2.45, 2.75) is 0 Å². The first-order chi connectivity index (χ1) is 26.8. The summed E-state index contributed by atoms with van der Waals surface area (Å²) in [4.78, 5) is 2.33. The average molecular weight is 690 g/mol. The van der Waals surface area contributed by atoms with Crippen molar-refractivity contribution in [1.82, 2.24) is 0 Å². The highest BCUT2D eigenvalue weighted by Gasteiger charge is 2.16. The average Bonchev–Trinajstić information content (AvgIpc) is 3.64. The molecule has 0 N–H and O–H groups in total. The topological polar surface area (TPSA) is 16.4 Å². The van der Waals surface area contributed by atoms with E-state index in [2.05, 4.69) is 205 Å². The van der Waals surface area contributed by atoms with Gasteiger partial charge in [0.25, 0.3) is 0 Å². The molecule has 0 saturated carbocycles. The summed E-state index contributed by atoms with van der Waals surface area (Å²) in [6, 6.07) is 75.8. The molecule has 54 heavy (non-hydrogen) atoms. The maximum atomic E-state index is 6.39. The molecule has 0 radical (unpaired) electrons. The van der Waals surface area contributed by atoms with Crippen molar-refractivity contribution < 1.29 is 4.42 Å². The highest BCUT2D eigenvalue weighted by atomic mass is 16.3. The number of rotatable bonds is 7. The van der Waals surface area contributed by atoms with Gasteiger partial charge in [0.2, 0.25) is 0 Å². The minimum Gasteiger partial charge on any atom is -0.455 e. The van der Waals surface area contributed by atoms with Gasteiger partial charge in [-0.3, -0.25) is 0 Å². The number of hydrogen-bond donors (Lipinski definition) is 0. The fourth-order valence-electron chi connectivity index (χ4n) is 7.77. The SMILES string of the molecule is c1ccc(-c2ccc(-c3ccc(N(c4ccc(-c5cccc6ccccc56)cc4)c4ccc(-c5cccc6c5oc5ccccc56)cc4)cc3)cc2)cc1. The minimum absolute atomic E-state index is 0.908. The Labute approximate surface area is 314 Å². The molecule has 0 aliphatic rings. The molecule has 0 aliphatic carbocycles. The molecule has 0 aliphatic heterocycles. The molecule has 10 rings (SSSR count). The van der Waals surface area contributed by atoms with Crippen molar-refractivity contribution in [2.75, 3.05) is 4.90 Å². The number of hydrogen-bond acceptors (Lipinski definition) is 2. The lowest BCUT2D eigenvalue weighted by Crippen LogP contribution is -2.09. The van der Waals surface area contributed by atoms with Crippen molar-refractivity contribution >= 4 is 49.8 Å². The van der Waals surface area contributed by atoms with Crippen LogP contribution >= 0.6 is 0 Å². The summed E-state index contributed by atoms with van der Waals surface area (Å²) < 4.78 is 6.39. The third kappa shape index (κ3) is 5.71. The van der Waals surface area contributed by atoms with E-state index in [9.17, 15) is 0 Å². The second-order valence-corrected chi connectivity index (χ2v) is 13.7. The first-order valence-corrected chi connectivity index (χ1v) is 18.4. The quantitative estimate of drug-likeness (QED) is 0.166. The third-order valence-corrected chi connectivity index (χ3v) is 10.5. The summed E-state index contributed by atoms with van der Waals surface area (Å²) in [6.45, 7) is 0. The van der Waals surface area contributed by atoms with E-state index < -0.39 is 0 Å². The first-order valence-electron chi connectivity index (χ1n) is 18.4. The van der Waals surface area contributed by atoms with Gasteiger partial charge in [-0.1, -0.05) is 170 Å². The van der Waals surface area contributed by atoms with E-state index in [1.165, 1.54) is 44.2 Å². The van der Waals surface area contributed by atoms with Gasteiger partial charge in [-0.2, -0.15) is 0 Å². The van der Waals surface area contributed by atoms with Crippen molar-refractivity contribution in [3.05, 3.63) is 212 Å². The Morgan fingerprint density at radius 2 is 0.704 bits per heavy atom. The molecule has 9 aromatic carbocycles. The number of benzene rings is 9. The Bertz CT molecular complexity index is 2880. The summed E-state index contributed by atoms with van der Waals surface area (Å²) in [5.74, 6) is 0. The Balaban J connectivity index is 1.02. The smallest absolute Gasteiger partial charge is 0.143 e. The van der Waals surface area contributed by atoms with Crippen molar-refractivity contribution in [2.24, 2.45) is 0 Å². The number of para-hydroxylation sites is 2. The molecular formula is C52H35NO. The number of anilines is 3. The Morgan fingerprint density at radius 3 is 1.35 bits per heavy atom. The van der Waals surface area contributed by atoms with Crippen LogP contribution in [0.5, 0.6) is 0 Å². The van der Waals surface area contributed by atoms with E-state index >= 15 is 0 Å². The van der Waals surface area contributed by atoms with Gasteiger partial charge < -0.3 is 9.32 Å². The zero-order valence-corrected chi connectivity index (χ0v) is 29.6. The molecule has 1 heterocycles. The second-order valence-electron chi connectivity index (χ2n) is 13.7. The van der Waals surface area contributed by atoms with Crippen LogP contribution in [-0.4, -0.2) is 0 Å². The molecule has 2 heteroatoms. The van der Waals surface area contributed by atoms with E-state index in [1.54, 1.807) is 0 Å². The maximum absolute atomic E-state index is 6.39. The third-order valence-electron chi connectivity index (χ3n) is 10.5. The van der Waals surface area contributed by atoms with Crippen LogP contribution in [0, 0.1) is 0 Å². The lowest BCUT2D eigenvalue weighted by Gasteiger charge is -2.26. The lowest BCUT2D eigenvalue weighted by atomic mass is 9.98. The number of fused-ring (bicyclic) bond motifs is 4. The van der Waals surface area contributed by atoms with Gasteiger partial charge in [-0.15, -0.1) is 0 Å². The minimum atomic E-state index is 0.908. The van der Waals surface area contributed by atoms with E-state index in [1.807, 2.05) is 12.1 Å². The van der Waals surface area contributed by atoms with Gasteiger partial charge in [0, 0.05) is 33.4 Å². The molecule has 254 valence electrons. The van der Waals surface area contributed by atoms with Crippen molar-refractivity contribution in [3.8, 4) is 44.5 Å². The van der Waals surface area contributed by atoms with Crippen LogP contribution in [-0.2, 0) is 0 Å². The lowest BCUT2D eigenvalue weighted by molar-refractivity contribution is 0.670. The summed E-state index contributed by atoms with van der Waals surface area (Å²) in [6.07, 6.45) is 0. The molecular weight excluding hydrogens is 655 g/mol. The summed E-state index contributed by atoms with van der Waals surface area (Å²) in [5.41, 5.74) is 14.5. The zero-order valence-electron chi connectivity index (χ0n) is 29.6. The standard InChI is InChI=1S/C52H35NO/c1-2-10-36(11-3-1)37-20-22-38(23-21-37)39-24-30-43(31-25-39)53(44-32-26-41(27-33-44)47-16-8-13-40-12-4-5-14-46(40)47)45-34-28-42(29-35-45)48-17-9-18-50-49-15-6-7-19-51(49)54-52(48)50/h1-35H. The Morgan fingerprint density at radius 1 is 0.278 bits per heavy atom. The molecule has 0 bridgehead atoms. The molecule has 0 fully saturated rings. The van der Waals surface area contributed by atoms with Crippen LogP contribution in [0.1, 0.15) is 0 Å². The fourth-order valence-corrected chi connectivity index (χ4v) is 7.77. The monoisotopic (exact) mass is 689 g/mol. The van der Waals surface area contributed by atoms with Crippen LogP contribution in [0.3, 0.4) is 0 Å². The molecule has 0 spiro atoms. The first kappa shape index (κ1) is 31.6. The molecule has 0 saturated heterocycles.